The third-order valence-electron chi connectivity index (χ3n) is 5.43. The summed E-state index contributed by atoms with van der Waals surface area (Å²) in [5.74, 6) is -0.777. The number of nitrogens with zero attached hydrogens (tertiary/aromatic N) is 2. The molecule has 0 unspecified atom stereocenters. The van der Waals surface area contributed by atoms with Crippen LogP contribution in [0, 0.1) is 5.82 Å². The first-order chi connectivity index (χ1) is 16.4. The van der Waals surface area contributed by atoms with E-state index in [1.165, 1.54) is 6.07 Å². The number of nitrogens with one attached hydrogen (secondary N) is 2. The van der Waals surface area contributed by atoms with Crippen molar-refractivity contribution in [2.24, 2.45) is 4.99 Å². The normalized spacial score (nSPS) is 12.4. The molecular weight excluding hydrogens is 474 g/mol. The summed E-state index contributed by atoms with van der Waals surface area (Å²) in [5, 5.41) is 5.43. The SMILES string of the molecule is C=N/C(=C\C(=C/C)C(=O)NCc1cc2c(Cl)c[nH]c2cc1F)Cc1ccc2ncc(Cl)cc2c1. The van der Waals surface area contributed by atoms with Crippen LogP contribution in [0.5, 0.6) is 0 Å². The maximum atomic E-state index is 14.4. The second-order valence-corrected chi connectivity index (χ2v) is 8.55. The van der Waals surface area contributed by atoms with Crippen molar-refractivity contribution in [1.29, 1.82) is 0 Å². The maximum Gasteiger partial charge on any atom is 0.251 e. The lowest BCUT2D eigenvalue weighted by molar-refractivity contribution is -0.117. The fourth-order valence-corrected chi connectivity index (χ4v) is 4.03. The molecule has 2 N–H and O–H groups in total. The first-order valence-electron chi connectivity index (χ1n) is 10.5. The van der Waals surface area contributed by atoms with E-state index in [2.05, 4.69) is 27.0 Å². The van der Waals surface area contributed by atoms with Crippen LogP contribution in [0.15, 0.2) is 77.2 Å². The molecule has 172 valence electrons. The first kappa shape index (κ1) is 23.7. The minimum absolute atomic E-state index is 0.0164. The summed E-state index contributed by atoms with van der Waals surface area (Å²) in [7, 11) is 0. The Balaban J connectivity index is 1.49. The van der Waals surface area contributed by atoms with Crippen LogP contribution in [-0.2, 0) is 17.8 Å². The summed E-state index contributed by atoms with van der Waals surface area (Å²) >= 11 is 12.2. The van der Waals surface area contributed by atoms with Crippen molar-refractivity contribution in [3.8, 4) is 0 Å². The van der Waals surface area contributed by atoms with E-state index in [1.807, 2.05) is 24.3 Å². The highest BCUT2D eigenvalue weighted by molar-refractivity contribution is 6.35. The van der Waals surface area contributed by atoms with Gasteiger partial charge in [-0.15, -0.1) is 0 Å². The number of hydrogen-bond donors (Lipinski definition) is 2. The predicted octanol–water partition coefficient (Wildman–Crippen LogP) is 6.55. The zero-order valence-corrected chi connectivity index (χ0v) is 19.8. The molecule has 0 bridgehead atoms. The van der Waals surface area contributed by atoms with E-state index in [-0.39, 0.29) is 12.5 Å². The van der Waals surface area contributed by atoms with Crippen LogP contribution < -0.4 is 5.32 Å². The summed E-state index contributed by atoms with van der Waals surface area (Å²) in [6.07, 6.45) is 7.02. The molecule has 4 rings (SSSR count). The molecule has 2 aromatic carbocycles. The van der Waals surface area contributed by atoms with Crippen LogP contribution in [0.4, 0.5) is 4.39 Å². The standard InChI is InChI=1S/C26H21Cl2FN4O/c1-3-16(26(34)33-12-18-10-21-22(28)14-32-25(21)11-23(18)29)9-20(30-2)7-15-4-5-24-17(6-15)8-19(27)13-31-24/h3-6,8-11,13-14,32H,2,7,12H2,1H3,(H,33,34)/b16-3+,20-9-. The van der Waals surface area contributed by atoms with E-state index < -0.39 is 5.82 Å². The number of amides is 1. The van der Waals surface area contributed by atoms with Crippen molar-refractivity contribution in [3.05, 3.63) is 99.2 Å². The number of allylic oxidation sites excluding steroid dienone is 2. The van der Waals surface area contributed by atoms with Crippen molar-refractivity contribution < 1.29 is 9.18 Å². The van der Waals surface area contributed by atoms with Crippen molar-refractivity contribution in [2.75, 3.05) is 0 Å². The van der Waals surface area contributed by atoms with Crippen molar-refractivity contribution in [2.45, 2.75) is 19.9 Å². The van der Waals surface area contributed by atoms with Gasteiger partial charge in [0.1, 0.15) is 5.82 Å². The van der Waals surface area contributed by atoms with Crippen LogP contribution in [0.2, 0.25) is 10.0 Å². The summed E-state index contributed by atoms with van der Waals surface area (Å²) in [5.41, 5.74) is 3.77. The van der Waals surface area contributed by atoms with E-state index >= 15 is 0 Å². The monoisotopic (exact) mass is 494 g/mol. The molecule has 34 heavy (non-hydrogen) atoms. The lowest BCUT2D eigenvalue weighted by atomic mass is 10.0. The molecule has 4 aromatic rings. The van der Waals surface area contributed by atoms with Gasteiger partial charge < -0.3 is 10.3 Å². The van der Waals surface area contributed by atoms with Crippen LogP contribution in [-0.4, -0.2) is 22.6 Å². The molecule has 0 saturated heterocycles. The minimum Gasteiger partial charge on any atom is -0.360 e. The topological polar surface area (TPSA) is 70.1 Å². The lowest BCUT2D eigenvalue weighted by Crippen LogP contribution is -2.24. The smallest absolute Gasteiger partial charge is 0.251 e. The van der Waals surface area contributed by atoms with Gasteiger partial charge in [-0.05, 0) is 55.6 Å². The van der Waals surface area contributed by atoms with Gasteiger partial charge >= 0.3 is 0 Å². The van der Waals surface area contributed by atoms with Crippen LogP contribution in [0.25, 0.3) is 21.8 Å². The molecular formula is C26H21Cl2FN4O. The zero-order chi connectivity index (χ0) is 24.2. The predicted molar refractivity (Wildman–Crippen MR) is 137 cm³/mol. The van der Waals surface area contributed by atoms with E-state index in [1.54, 1.807) is 37.5 Å². The molecule has 1 amide bonds. The number of aromatic nitrogens is 2. The second-order valence-electron chi connectivity index (χ2n) is 7.70. The Morgan fingerprint density at radius 1 is 1.26 bits per heavy atom. The fraction of sp³-hybridized carbons (Fsp3) is 0.115. The molecule has 0 aliphatic carbocycles. The third kappa shape index (κ3) is 5.19. The number of halogens is 3. The van der Waals surface area contributed by atoms with Gasteiger partial charge in [0.2, 0.25) is 0 Å². The van der Waals surface area contributed by atoms with Crippen molar-refractivity contribution in [3.63, 3.8) is 0 Å². The lowest BCUT2D eigenvalue weighted by Gasteiger charge is -2.09. The van der Waals surface area contributed by atoms with Crippen molar-refractivity contribution >= 4 is 57.6 Å². The largest absolute Gasteiger partial charge is 0.360 e. The zero-order valence-electron chi connectivity index (χ0n) is 18.3. The van der Waals surface area contributed by atoms with Gasteiger partial charge in [-0.3, -0.25) is 14.8 Å². The molecule has 8 heteroatoms. The van der Waals surface area contributed by atoms with Gasteiger partial charge in [0.05, 0.1) is 15.6 Å². The van der Waals surface area contributed by atoms with Crippen molar-refractivity contribution in [1.82, 2.24) is 15.3 Å². The first-order valence-corrected chi connectivity index (χ1v) is 11.2. The molecule has 0 fully saturated rings. The molecule has 0 spiro atoms. The number of carbonyl (C=O) groups excluding carboxylic acids is 1. The number of aromatic amines is 1. The van der Waals surface area contributed by atoms with E-state index in [9.17, 15) is 9.18 Å². The molecule has 0 aliphatic heterocycles. The number of fused-ring (bicyclic) bond motifs is 2. The Labute approximate surface area is 206 Å². The summed E-state index contributed by atoms with van der Waals surface area (Å²) < 4.78 is 14.4. The van der Waals surface area contributed by atoms with Gasteiger partial charge in [0.15, 0.2) is 0 Å². The molecule has 5 nitrogen and oxygen atoms in total. The summed E-state index contributed by atoms with van der Waals surface area (Å²) in [6, 6.07) is 10.7. The van der Waals surface area contributed by atoms with Gasteiger partial charge in [0.25, 0.3) is 5.91 Å². The Morgan fingerprint density at radius 2 is 2.09 bits per heavy atom. The van der Waals surface area contributed by atoms with Gasteiger partial charge in [0, 0.05) is 58.5 Å². The van der Waals surface area contributed by atoms with Crippen LogP contribution in [0.1, 0.15) is 18.1 Å². The molecule has 2 aromatic heterocycles. The van der Waals surface area contributed by atoms with Gasteiger partial charge in [-0.1, -0.05) is 35.3 Å². The number of carbonyl (C=O) groups is 1. The molecule has 0 atom stereocenters. The number of H-pyrrole nitrogens is 1. The molecule has 0 aliphatic rings. The number of hydrogen-bond acceptors (Lipinski definition) is 3. The Kier molecular flexibility index (Phi) is 7.10. The van der Waals surface area contributed by atoms with E-state index in [0.717, 1.165) is 16.5 Å². The van der Waals surface area contributed by atoms with E-state index in [0.29, 0.717) is 44.2 Å². The second kappa shape index (κ2) is 10.2. The highest BCUT2D eigenvalue weighted by atomic mass is 35.5. The minimum atomic E-state index is -0.428. The number of pyridine rings is 1. The van der Waals surface area contributed by atoms with Gasteiger partial charge in [-0.2, -0.15) is 0 Å². The quantitative estimate of drug-likeness (QED) is 0.173. The number of benzene rings is 2. The summed E-state index contributed by atoms with van der Waals surface area (Å²) in [4.78, 5) is 24.1. The average Bonchev–Trinajstić information content (AvgIpc) is 3.18. The maximum absolute atomic E-state index is 14.4. The molecule has 2 heterocycles. The Morgan fingerprint density at radius 3 is 2.85 bits per heavy atom. The molecule has 0 saturated carbocycles. The number of rotatable bonds is 7. The van der Waals surface area contributed by atoms with Crippen LogP contribution >= 0.6 is 23.2 Å². The van der Waals surface area contributed by atoms with Gasteiger partial charge in [-0.25, -0.2) is 4.39 Å². The molecule has 0 radical (unpaired) electrons. The van der Waals surface area contributed by atoms with Crippen LogP contribution in [0.3, 0.4) is 0 Å². The third-order valence-corrected chi connectivity index (χ3v) is 5.95. The highest BCUT2D eigenvalue weighted by Gasteiger charge is 2.12. The highest BCUT2D eigenvalue weighted by Crippen LogP contribution is 2.26. The average molecular weight is 495 g/mol. The Hall–Kier alpha value is -3.48. The summed E-state index contributed by atoms with van der Waals surface area (Å²) in [6.45, 7) is 5.41. The fourth-order valence-electron chi connectivity index (χ4n) is 3.65. The number of aliphatic imine (C=N–C) groups is 1. The Bertz CT molecular complexity index is 1470. The van der Waals surface area contributed by atoms with E-state index in [4.69, 9.17) is 23.2 Å².